The summed E-state index contributed by atoms with van der Waals surface area (Å²) < 4.78 is 73.0. The second-order valence-electron chi connectivity index (χ2n) is 11.2. The molecule has 11 heteroatoms. The molecule has 7 nitrogen and oxygen atoms in total. The molecule has 0 unspecified atom stereocenters. The van der Waals surface area contributed by atoms with Gasteiger partial charge in [-0.15, -0.1) is 0 Å². The van der Waals surface area contributed by atoms with Crippen LogP contribution < -0.4 is 10.2 Å². The molecule has 1 N–H and O–H groups in total. The van der Waals surface area contributed by atoms with Crippen molar-refractivity contribution >= 4 is 11.7 Å². The zero-order chi connectivity index (χ0) is 27.2. The predicted molar refractivity (Wildman–Crippen MR) is 129 cm³/mol. The smallest absolute Gasteiger partial charge is 0.379 e. The van der Waals surface area contributed by atoms with Gasteiger partial charge in [0.05, 0.1) is 37.1 Å². The van der Waals surface area contributed by atoms with E-state index in [1.54, 1.807) is 4.90 Å². The summed E-state index contributed by atoms with van der Waals surface area (Å²) in [5.74, 6) is -1.44. The van der Waals surface area contributed by atoms with Crippen molar-refractivity contribution in [2.75, 3.05) is 38.3 Å². The van der Waals surface area contributed by atoms with Crippen LogP contribution in [0.2, 0.25) is 0 Å². The normalized spacial score (nSPS) is 34.5. The van der Waals surface area contributed by atoms with E-state index in [0.717, 1.165) is 25.5 Å². The van der Waals surface area contributed by atoms with E-state index in [1.165, 1.54) is 0 Å². The van der Waals surface area contributed by atoms with E-state index < -0.39 is 23.0 Å². The highest BCUT2D eigenvalue weighted by Crippen LogP contribution is 2.48. The van der Waals surface area contributed by atoms with Gasteiger partial charge in [0, 0.05) is 45.1 Å². The van der Waals surface area contributed by atoms with Gasteiger partial charge in [-0.1, -0.05) is 13.8 Å². The van der Waals surface area contributed by atoms with E-state index in [4.69, 9.17) is 10.8 Å². The van der Waals surface area contributed by atoms with Gasteiger partial charge in [0.25, 0.3) is 0 Å². The van der Waals surface area contributed by atoms with Crippen LogP contribution in [0.1, 0.15) is 52.9 Å². The molecule has 0 spiro atoms. The summed E-state index contributed by atoms with van der Waals surface area (Å²) in [7, 11) is -0.125. The van der Waals surface area contributed by atoms with Gasteiger partial charge in [-0.3, -0.25) is 4.79 Å². The number of fused-ring (bicyclic) bond motifs is 2. The zero-order valence-corrected chi connectivity index (χ0v) is 21.3. The first-order valence-corrected chi connectivity index (χ1v) is 13.1. The minimum atomic E-state index is -4.79. The molecule has 4 heterocycles. The van der Waals surface area contributed by atoms with Crippen LogP contribution in [0.3, 0.4) is 0 Å². The Morgan fingerprint density at radius 2 is 2.14 bits per heavy atom. The molecule has 37 heavy (non-hydrogen) atoms. The van der Waals surface area contributed by atoms with Crippen molar-refractivity contribution in [1.82, 2.24) is 15.2 Å². The lowest BCUT2D eigenvalue weighted by atomic mass is 9.74. The van der Waals surface area contributed by atoms with Crippen molar-refractivity contribution in [2.24, 2.45) is 11.3 Å². The van der Waals surface area contributed by atoms with E-state index in [9.17, 15) is 22.4 Å². The molecule has 6 atom stereocenters. The number of alkyl halides is 3. The summed E-state index contributed by atoms with van der Waals surface area (Å²) in [5, 5.41) is 3.68. The van der Waals surface area contributed by atoms with Crippen LogP contribution in [0.5, 0.6) is 0 Å². The Bertz CT molecular complexity index is 1030. The summed E-state index contributed by atoms with van der Waals surface area (Å²) >= 11 is 0. The van der Waals surface area contributed by atoms with Crippen LogP contribution in [0.4, 0.5) is 23.4 Å². The van der Waals surface area contributed by atoms with Crippen molar-refractivity contribution in [3.8, 4) is 0 Å². The molecule has 3 aliphatic heterocycles. The fraction of sp³-hybridized carbons (Fsp3) is 0.769. The second-order valence-corrected chi connectivity index (χ2v) is 11.2. The first kappa shape index (κ1) is 25.3. The number of hydrogen-bond acceptors (Lipinski definition) is 6. The molecular formula is C26H36F4N4O3. The monoisotopic (exact) mass is 529 g/mol. The molecule has 1 amide bonds. The Kier molecular flexibility index (Phi) is 6.81. The van der Waals surface area contributed by atoms with E-state index in [0.29, 0.717) is 38.7 Å². The van der Waals surface area contributed by atoms with E-state index in [2.05, 4.69) is 24.1 Å². The molecule has 1 aromatic heterocycles. The molecule has 1 saturated carbocycles. The van der Waals surface area contributed by atoms with Gasteiger partial charge < -0.3 is 24.6 Å². The average Bonchev–Trinajstić information content (AvgIpc) is 3.59. The topological polar surface area (TPSA) is 66.9 Å². The third-order valence-corrected chi connectivity index (χ3v) is 9.00. The third-order valence-electron chi connectivity index (χ3n) is 9.00. The number of rotatable bonds is 6. The van der Waals surface area contributed by atoms with Crippen LogP contribution in [-0.4, -0.2) is 79.5 Å². The fourth-order valence-corrected chi connectivity index (χ4v) is 6.87. The molecule has 3 saturated heterocycles. The molecular weight excluding hydrogens is 492 g/mol. The van der Waals surface area contributed by atoms with Crippen molar-refractivity contribution in [3.05, 3.63) is 23.6 Å². The van der Waals surface area contributed by atoms with Gasteiger partial charge in [0.2, 0.25) is 5.91 Å². The number of pyridine rings is 1. The minimum Gasteiger partial charge on any atom is -0.379 e. The first-order valence-electron chi connectivity index (χ1n) is 13.8. The summed E-state index contributed by atoms with van der Waals surface area (Å²) in [6.45, 7) is 5.85. The Labute approximate surface area is 216 Å². The zero-order valence-electron chi connectivity index (χ0n) is 22.3. The average molecular weight is 530 g/mol. The number of hydrogen-bond donors (Lipinski definition) is 1. The van der Waals surface area contributed by atoms with E-state index in [-0.39, 0.29) is 61.5 Å². The highest BCUT2D eigenvalue weighted by molar-refractivity contribution is 5.84. The Morgan fingerprint density at radius 3 is 2.81 bits per heavy atom. The first-order chi connectivity index (χ1) is 18.0. The summed E-state index contributed by atoms with van der Waals surface area (Å²) in [4.78, 5) is 21.5. The van der Waals surface area contributed by atoms with E-state index in [1.807, 2.05) is 4.90 Å². The van der Waals surface area contributed by atoms with Gasteiger partial charge in [0.15, 0.2) is 11.6 Å². The molecule has 1 aromatic rings. The standard InChI is InChI=1S/C26H36F4N4O3/c1-15(2)25(7-4-16(11-25)32-20-6-9-37-14-21(20)36-3)24(35)34-13-17-10-18(34)12-33(17)23-22(27)19(5-8-31-23)26(28,29)30/h5,8,15-18,20-21,32H,4,6-7,9-14H2,1-3H3/t16-,17+,18+,20+,21-,25+/m1/s1/i3D. The summed E-state index contributed by atoms with van der Waals surface area (Å²) in [5.41, 5.74) is -1.86. The molecule has 4 fully saturated rings. The van der Waals surface area contributed by atoms with E-state index >= 15 is 0 Å². The SMILES string of the molecule is [2H]CO[C@@H]1COCC[C@@H]1N[C@@H]1CC[C@@](C(=O)N2C[C@@H]3C[C@H]2CN3c2nccc(C(F)(F)F)c2F)(C(C)C)C1. The van der Waals surface area contributed by atoms with Crippen molar-refractivity contribution in [2.45, 2.75) is 82.4 Å². The van der Waals surface area contributed by atoms with Crippen LogP contribution >= 0.6 is 0 Å². The fourth-order valence-electron chi connectivity index (χ4n) is 6.87. The number of likely N-dealkylation sites (tertiary alicyclic amines) is 1. The summed E-state index contributed by atoms with van der Waals surface area (Å²) in [6.07, 6.45) is -0.321. The van der Waals surface area contributed by atoms with Crippen LogP contribution in [-0.2, 0) is 20.4 Å². The maximum absolute atomic E-state index is 14.8. The van der Waals surface area contributed by atoms with Crippen LogP contribution in [0, 0.1) is 17.2 Å². The number of aromatic nitrogens is 1. The third kappa shape index (κ3) is 4.71. The van der Waals surface area contributed by atoms with Gasteiger partial charge in [-0.05, 0) is 44.1 Å². The van der Waals surface area contributed by atoms with Crippen molar-refractivity contribution < 1.29 is 33.2 Å². The molecule has 1 aliphatic carbocycles. The Balaban J connectivity index is 1.27. The minimum absolute atomic E-state index is 0.0726. The number of nitrogens with zero attached hydrogens (tertiary/aromatic N) is 3. The number of halogens is 4. The predicted octanol–water partition coefficient (Wildman–Crippen LogP) is 3.62. The molecule has 0 radical (unpaired) electrons. The van der Waals surface area contributed by atoms with Crippen molar-refractivity contribution in [3.63, 3.8) is 0 Å². The maximum atomic E-state index is 14.8. The van der Waals surface area contributed by atoms with Crippen LogP contribution in [0.15, 0.2) is 12.3 Å². The molecule has 5 rings (SSSR count). The number of methoxy groups -OCH3 is 1. The molecule has 206 valence electrons. The number of carbonyl (C=O) groups excluding carboxylic acids is 1. The number of anilines is 1. The number of piperazine rings is 1. The highest BCUT2D eigenvalue weighted by atomic mass is 19.4. The van der Waals surface area contributed by atoms with Gasteiger partial charge in [-0.2, -0.15) is 13.2 Å². The maximum Gasteiger partial charge on any atom is 0.419 e. The molecule has 0 aromatic carbocycles. The van der Waals surface area contributed by atoms with Gasteiger partial charge in [0.1, 0.15) is 0 Å². The molecule has 2 bridgehead atoms. The largest absolute Gasteiger partial charge is 0.419 e. The number of ether oxygens (including phenoxy) is 2. The Morgan fingerprint density at radius 1 is 1.32 bits per heavy atom. The highest BCUT2D eigenvalue weighted by Gasteiger charge is 2.55. The van der Waals surface area contributed by atoms with Gasteiger partial charge in [-0.25, -0.2) is 9.37 Å². The van der Waals surface area contributed by atoms with Crippen molar-refractivity contribution in [1.29, 1.82) is 0 Å². The van der Waals surface area contributed by atoms with Crippen LogP contribution in [0.25, 0.3) is 0 Å². The molecule has 4 aliphatic rings. The quantitative estimate of drug-likeness (QED) is 0.568. The number of amides is 1. The van der Waals surface area contributed by atoms with Gasteiger partial charge >= 0.3 is 6.18 Å². The lowest BCUT2D eigenvalue weighted by Crippen LogP contribution is -2.55. The Hall–Kier alpha value is -1.98. The number of carbonyl (C=O) groups is 1. The lowest BCUT2D eigenvalue weighted by molar-refractivity contribution is -0.146. The number of nitrogens with one attached hydrogen (secondary N) is 1. The summed E-state index contributed by atoms with van der Waals surface area (Å²) in [6, 6.07) is 0.418. The second kappa shape index (κ2) is 9.96. The lowest BCUT2D eigenvalue weighted by Gasteiger charge is -2.42.